The van der Waals surface area contributed by atoms with Crippen molar-refractivity contribution in [1.29, 1.82) is 0 Å². The summed E-state index contributed by atoms with van der Waals surface area (Å²) < 4.78 is 3.80. The van der Waals surface area contributed by atoms with E-state index in [1.165, 1.54) is 6.42 Å². The number of fused-ring (bicyclic) bond motifs is 1. The van der Waals surface area contributed by atoms with Crippen LogP contribution in [0.25, 0.3) is 5.65 Å². The Bertz CT molecular complexity index is 902. The summed E-state index contributed by atoms with van der Waals surface area (Å²) in [6.45, 7) is 5.16. The Balaban J connectivity index is 1.31. The molecule has 136 valence electrons. The van der Waals surface area contributed by atoms with E-state index in [1.807, 2.05) is 28.5 Å². The Morgan fingerprint density at radius 3 is 2.62 bits per heavy atom. The molecule has 0 unspecified atom stereocenters. The van der Waals surface area contributed by atoms with Crippen LogP contribution in [0.2, 0.25) is 0 Å². The average molecular weight is 353 g/mol. The predicted octanol–water partition coefficient (Wildman–Crippen LogP) is 0.842. The molecule has 0 aromatic carbocycles. The van der Waals surface area contributed by atoms with Crippen molar-refractivity contribution >= 4 is 11.5 Å². The highest BCUT2D eigenvalue weighted by molar-refractivity contribution is 5.47. The molecule has 0 bridgehead atoms. The monoisotopic (exact) mass is 353 g/mol. The molecule has 0 atom stereocenters. The maximum absolute atomic E-state index is 4.81. The summed E-state index contributed by atoms with van der Waals surface area (Å²) in [7, 11) is 1.94. The van der Waals surface area contributed by atoms with E-state index in [1.54, 1.807) is 0 Å². The maximum Gasteiger partial charge on any atom is 0.178 e. The van der Waals surface area contributed by atoms with Gasteiger partial charge >= 0.3 is 0 Å². The third-order valence-electron chi connectivity index (χ3n) is 5.60. The molecule has 9 heteroatoms. The van der Waals surface area contributed by atoms with Gasteiger partial charge in [-0.05, 0) is 44.5 Å². The van der Waals surface area contributed by atoms with Crippen molar-refractivity contribution in [3.8, 4) is 0 Å². The van der Waals surface area contributed by atoms with E-state index < -0.39 is 0 Å². The average Bonchev–Trinajstić information content (AvgIpc) is 3.20. The molecule has 0 saturated carbocycles. The Morgan fingerprint density at radius 2 is 1.92 bits per heavy atom. The van der Waals surface area contributed by atoms with Crippen molar-refractivity contribution in [2.45, 2.75) is 31.7 Å². The van der Waals surface area contributed by atoms with Crippen LogP contribution in [-0.4, -0.2) is 65.9 Å². The molecule has 5 rings (SSSR count). The van der Waals surface area contributed by atoms with Gasteiger partial charge in [0.2, 0.25) is 0 Å². The van der Waals surface area contributed by atoms with Gasteiger partial charge in [0.25, 0.3) is 0 Å². The van der Waals surface area contributed by atoms with Crippen LogP contribution in [0.3, 0.4) is 0 Å². The maximum atomic E-state index is 4.81. The zero-order chi connectivity index (χ0) is 17.5. The number of aromatic nitrogens is 7. The van der Waals surface area contributed by atoms with E-state index >= 15 is 0 Å². The number of hydrogen-bond acceptors (Lipinski definition) is 7. The Morgan fingerprint density at radius 1 is 1.08 bits per heavy atom. The summed E-state index contributed by atoms with van der Waals surface area (Å²) in [5.74, 6) is 2.44. The molecule has 0 N–H and O–H groups in total. The highest BCUT2D eigenvalue weighted by Crippen LogP contribution is 2.28. The molecule has 26 heavy (non-hydrogen) atoms. The first kappa shape index (κ1) is 15.7. The Kier molecular flexibility index (Phi) is 3.81. The number of rotatable bonds is 4. The lowest BCUT2D eigenvalue weighted by Gasteiger charge is -2.32. The van der Waals surface area contributed by atoms with Crippen LogP contribution in [-0.2, 0) is 13.6 Å². The van der Waals surface area contributed by atoms with E-state index in [0.29, 0.717) is 5.92 Å². The lowest BCUT2D eigenvalue weighted by atomic mass is 9.96. The van der Waals surface area contributed by atoms with Gasteiger partial charge in [0.15, 0.2) is 11.5 Å². The molecule has 0 spiro atoms. The highest BCUT2D eigenvalue weighted by Gasteiger charge is 2.26. The van der Waals surface area contributed by atoms with E-state index in [-0.39, 0.29) is 0 Å². The van der Waals surface area contributed by atoms with Gasteiger partial charge in [-0.2, -0.15) is 4.52 Å². The number of piperidine rings is 1. The van der Waals surface area contributed by atoms with Gasteiger partial charge in [-0.1, -0.05) is 5.21 Å². The summed E-state index contributed by atoms with van der Waals surface area (Å²) in [4.78, 5) is 4.76. The van der Waals surface area contributed by atoms with Crippen LogP contribution in [0.1, 0.15) is 36.7 Å². The molecular weight excluding hydrogens is 330 g/mol. The molecule has 0 aliphatic carbocycles. The largest absolute Gasteiger partial charge is 0.355 e. The fourth-order valence-electron chi connectivity index (χ4n) is 3.80. The SMILES string of the molecule is Cn1nncc1CN1CCC(c2nnc3ccc(N4CCC4)nn23)CC1. The second-order valence-corrected chi connectivity index (χ2v) is 7.26. The molecule has 3 aromatic rings. The standard InChI is InChI=1S/C17H23N9/c1-23-14(11-18-22-23)12-24-9-5-13(6-10-24)17-20-19-15-3-4-16(21-26(15)17)25-7-2-8-25/h3-4,11,13H,2,5-10,12H2,1H3. The summed E-state index contributed by atoms with van der Waals surface area (Å²) in [6, 6.07) is 4.08. The van der Waals surface area contributed by atoms with Gasteiger partial charge < -0.3 is 4.90 Å². The van der Waals surface area contributed by atoms with Crippen molar-refractivity contribution in [3.05, 3.63) is 29.8 Å². The molecule has 2 aliphatic rings. The van der Waals surface area contributed by atoms with Gasteiger partial charge in [0.05, 0.1) is 11.9 Å². The minimum absolute atomic E-state index is 0.407. The van der Waals surface area contributed by atoms with Gasteiger partial charge in [0.1, 0.15) is 5.82 Å². The van der Waals surface area contributed by atoms with Crippen molar-refractivity contribution in [3.63, 3.8) is 0 Å². The molecule has 5 heterocycles. The number of likely N-dealkylation sites (tertiary alicyclic amines) is 1. The number of hydrogen-bond donors (Lipinski definition) is 0. The number of anilines is 1. The van der Waals surface area contributed by atoms with Crippen LogP contribution in [0.15, 0.2) is 18.3 Å². The Labute approximate surface area is 151 Å². The van der Waals surface area contributed by atoms with Crippen LogP contribution >= 0.6 is 0 Å². The van der Waals surface area contributed by atoms with Crippen LogP contribution in [0, 0.1) is 0 Å². The molecule has 0 amide bonds. The fraction of sp³-hybridized carbons (Fsp3) is 0.588. The molecule has 3 aromatic heterocycles. The van der Waals surface area contributed by atoms with Crippen molar-refractivity contribution < 1.29 is 0 Å². The second kappa shape index (κ2) is 6.31. The molecule has 2 saturated heterocycles. The first-order chi connectivity index (χ1) is 12.8. The van der Waals surface area contributed by atoms with E-state index in [0.717, 1.165) is 68.5 Å². The molecule has 2 aliphatic heterocycles. The van der Waals surface area contributed by atoms with Crippen molar-refractivity contribution in [2.75, 3.05) is 31.1 Å². The first-order valence-corrected chi connectivity index (χ1v) is 9.31. The van der Waals surface area contributed by atoms with Gasteiger partial charge in [-0.3, -0.25) is 9.58 Å². The van der Waals surface area contributed by atoms with Crippen LogP contribution in [0.4, 0.5) is 5.82 Å². The van der Waals surface area contributed by atoms with Crippen molar-refractivity contribution in [2.24, 2.45) is 7.05 Å². The fourth-order valence-corrected chi connectivity index (χ4v) is 3.80. The summed E-state index contributed by atoms with van der Waals surface area (Å²) in [5.41, 5.74) is 1.99. The minimum atomic E-state index is 0.407. The molecule has 0 radical (unpaired) electrons. The molecule has 9 nitrogen and oxygen atoms in total. The zero-order valence-electron chi connectivity index (χ0n) is 15.0. The molecular formula is C17H23N9. The topological polar surface area (TPSA) is 80.3 Å². The third-order valence-corrected chi connectivity index (χ3v) is 5.60. The van der Waals surface area contributed by atoms with Crippen LogP contribution in [0.5, 0.6) is 0 Å². The number of aryl methyl sites for hydroxylation is 1. The van der Waals surface area contributed by atoms with E-state index in [2.05, 4.69) is 36.4 Å². The van der Waals surface area contributed by atoms with Gasteiger partial charge in [-0.25, -0.2) is 0 Å². The quantitative estimate of drug-likeness (QED) is 0.688. The lowest BCUT2D eigenvalue weighted by molar-refractivity contribution is 0.196. The summed E-state index contributed by atoms with van der Waals surface area (Å²) in [5, 5.41) is 21.6. The summed E-state index contributed by atoms with van der Waals surface area (Å²) >= 11 is 0. The zero-order valence-corrected chi connectivity index (χ0v) is 15.0. The van der Waals surface area contributed by atoms with Crippen LogP contribution < -0.4 is 4.90 Å². The molecule has 2 fully saturated rings. The van der Waals surface area contributed by atoms with Gasteiger partial charge in [0, 0.05) is 32.6 Å². The highest BCUT2D eigenvalue weighted by atomic mass is 15.4. The van der Waals surface area contributed by atoms with Crippen molar-refractivity contribution in [1.82, 2.24) is 39.7 Å². The number of nitrogens with zero attached hydrogens (tertiary/aromatic N) is 9. The Hall–Kier alpha value is -2.55. The van der Waals surface area contributed by atoms with E-state index in [4.69, 9.17) is 5.10 Å². The third kappa shape index (κ3) is 2.72. The van der Waals surface area contributed by atoms with Gasteiger partial charge in [-0.15, -0.1) is 20.4 Å². The normalized spacial score (nSPS) is 19.2. The lowest BCUT2D eigenvalue weighted by Crippen LogP contribution is -2.38. The van der Waals surface area contributed by atoms with E-state index in [9.17, 15) is 0 Å². The first-order valence-electron chi connectivity index (χ1n) is 9.31. The second-order valence-electron chi connectivity index (χ2n) is 7.26. The minimum Gasteiger partial charge on any atom is -0.355 e. The summed E-state index contributed by atoms with van der Waals surface area (Å²) in [6.07, 6.45) is 5.24. The smallest absolute Gasteiger partial charge is 0.178 e. The predicted molar refractivity (Wildman–Crippen MR) is 95.9 cm³/mol.